The summed E-state index contributed by atoms with van der Waals surface area (Å²) in [5, 5.41) is 9.73. The van der Waals surface area contributed by atoms with Crippen LogP contribution in [0.5, 0.6) is 11.5 Å². The number of carbonyl (C=O) groups excluding carboxylic acids is 2. The van der Waals surface area contributed by atoms with Gasteiger partial charge in [-0.3, -0.25) is 4.79 Å². The van der Waals surface area contributed by atoms with E-state index in [1.165, 1.54) is 18.2 Å². The Morgan fingerprint density at radius 3 is 2.69 bits per heavy atom. The van der Waals surface area contributed by atoms with Gasteiger partial charge in [-0.1, -0.05) is 6.07 Å². The van der Waals surface area contributed by atoms with E-state index in [1.54, 1.807) is 5.94 Å². The van der Waals surface area contributed by atoms with Gasteiger partial charge in [-0.2, -0.15) is 14.0 Å². The Bertz CT molecular complexity index is 806. The smallest absolute Gasteiger partial charge is 0.387 e. The first-order chi connectivity index (χ1) is 12.5. The van der Waals surface area contributed by atoms with E-state index < -0.39 is 12.0 Å². The summed E-state index contributed by atoms with van der Waals surface area (Å²) in [6, 6.07) is 6.53. The van der Waals surface area contributed by atoms with Crippen molar-refractivity contribution < 1.29 is 27.8 Å². The third-order valence-electron chi connectivity index (χ3n) is 4.82. The number of benzene rings is 1. The summed E-state index contributed by atoms with van der Waals surface area (Å²) in [5.41, 5.74) is -0.638. The maximum absolute atomic E-state index is 12.6. The zero-order valence-electron chi connectivity index (χ0n) is 14.0. The Morgan fingerprint density at radius 1 is 1.31 bits per heavy atom. The topological polar surface area (TPSA) is 76.4 Å². The second-order valence-corrected chi connectivity index (χ2v) is 6.67. The lowest BCUT2D eigenvalue weighted by Gasteiger charge is -2.31. The van der Waals surface area contributed by atoms with Gasteiger partial charge in [-0.05, 0) is 42.9 Å². The quantitative estimate of drug-likeness (QED) is 0.574. The molecule has 7 heteroatoms. The van der Waals surface area contributed by atoms with Gasteiger partial charge in [0.05, 0.1) is 23.7 Å². The summed E-state index contributed by atoms with van der Waals surface area (Å²) in [5.74, 6) is 1.75. The molecule has 1 aromatic rings. The van der Waals surface area contributed by atoms with Crippen molar-refractivity contribution in [2.75, 3.05) is 6.61 Å². The van der Waals surface area contributed by atoms with E-state index in [0.717, 1.165) is 12.8 Å². The second kappa shape index (κ2) is 7.27. The lowest BCUT2D eigenvalue weighted by atomic mass is 9.68. The zero-order valence-corrected chi connectivity index (χ0v) is 14.0. The van der Waals surface area contributed by atoms with Crippen LogP contribution < -0.4 is 9.47 Å². The van der Waals surface area contributed by atoms with Crippen LogP contribution in [0.15, 0.2) is 23.8 Å². The predicted molar refractivity (Wildman–Crippen MR) is 86.6 cm³/mol. The monoisotopic (exact) mass is 361 g/mol. The third-order valence-corrected chi connectivity index (χ3v) is 4.82. The van der Waals surface area contributed by atoms with Gasteiger partial charge >= 0.3 is 6.61 Å². The number of rotatable bonds is 6. The maximum atomic E-state index is 12.6. The number of ether oxygens (including phenoxy) is 2. The van der Waals surface area contributed by atoms with Gasteiger partial charge in [0.25, 0.3) is 0 Å². The van der Waals surface area contributed by atoms with Gasteiger partial charge in [0.15, 0.2) is 17.3 Å². The van der Waals surface area contributed by atoms with Crippen molar-refractivity contribution in [1.29, 1.82) is 5.26 Å². The normalized spacial score (nSPS) is 22.7. The summed E-state index contributed by atoms with van der Waals surface area (Å²) in [4.78, 5) is 22.8. The van der Waals surface area contributed by atoms with E-state index >= 15 is 0 Å². The molecule has 0 saturated heterocycles. The largest absolute Gasteiger partial charge is 0.489 e. The van der Waals surface area contributed by atoms with Crippen LogP contribution in [-0.2, 0) is 15.0 Å². The Morgan fingerprint density at radius 2 is 2.08 bits per heavy atom. The van der Waals surface area contributed by atoms with Crippen LogP contribution in [0.2, 0.25) is 0 Å². The van der Waals surface area contributed by atoms with Gasteiger partial charge in [-0.15, -0.1) is 0 Å². The van der Waals surface area contributed by atoms with Crippen LogP contribution >= 0.6 is 0 Å². The fourth-order valence-corrected chi connectivity index (χ4v) is 3.07. The third kappa shape index (κ3) is 3.76. The maximum Gasteiger partial charge on any atom is 0.387 e. The zero-order chi connectivity index (χ0) is 18.7. The molecular formula is C19H17F2NO4. The summed E-state index contributed by atoms with van der Waals surface area (Å²) in [7, 11) is 0. The molecule has 2 saturated carbocycles. The number of nitriles is 1. The number of hydrogen-bond acceptors (Lipinski definition) is 5. The van der Waals surface area contributed by atoms with Crippen molar-refractivity contribution in [3.63, 3.8) is 0 Å². The molecule has 0 N–H and O–H groups in total. The molecule has 0 aromatic heterocycles. The van der Waals surface area contributed by atoms with E-state index in [0.29, 0.717) is 18.1 Å². The van der Waals surface area contributed by atoms with E-state index in [4.69, 9.17) is 4.74 Å². The van der Waals surface area contributed by atoms with Crippen LogP contribution in [-0.4, -0.2) is 24.9 Å². The first-order valence-electron chi connectivity index (χ1n) is 8.38. The average molecular weight is 361 g/mol. The number of nitrogens with zero attached hydrogens (tertiary/aromatic N) is 1. The number of hydrogen-bond donors (Lipinski definition) is 0. The van der Waals surface area contributed by atoms with Crippen LogP contribution in [0.25, 0.3) is 0 Å². The number of ketones is 1. The first kappa shape index (κ1) is 18.1. The van der Waals surface area contributed by atoms with Gasteiger partial charge in [0, 0.05) is 12.8 Å². The molecule has 2 aliphatic carbocycles. The molecule has 136 valence electrons. The van der Waals surface area contributed by atoms with E-state index in [2.05, 4.69) is 10.8 Å². The van der Waals surface area contributed by atoms with E-state index in [9.17, 15) is 23.6 Å². The van der Waals surface area contributed by atoms with Crippen molar-refractivity contribution in [2.45, 2.75) is 44.1 Å². The molecular weight excluding hydrogens is 344 g/mol. The summed E-state index contributed by atoms with van der Waals surface area (Å²) >= 11 is 0. The number of Topliss-reactive ketones (excluding diaryl/α,β-unsaturated/α-hetero) is 1. The average Bonchev–Trinajstić information content (AvgIpc) is 3.45. The second-order valence-electron chi connectivity index (χ2n) is 6.67. The standard InChI is InChI=1S/C19H17F2NO4/c20-18(21)26-16-4-3-14(7-17(16)25-10-12-1-2-12)19(11-22)6-5-15(24)13(8-19)9-23/h3-4,7,12,18H,1-2,5-6,8,10H2. The Labute approximate surface area is 149 Å². The predicted octanol–water partition coefficient (Wildman–Crippen LogP) is 3.35. The molecule has 26 heavy (non-hydrogen) atoms. The molecule has 0 aliphatic heterocycles. The van der Waals surface area contributed by atoms with E-state index in [1.807, 2.05) is 0 Å². The van der Waals surface area contributed by atoms with Crippen LogP contribution in [0.3, 0.4) is 0 Å². The molecule has 1 aromatic carbocycles. The van der Waals surface area contributed by atoms with Crippen molar-refractivity contribution in [2.24, 2.45) is 5.92 Å². The molecule has 5 nitrogen and oxygen atoms in total. The van der Waals surface area contributed by atoms with Gasteiger partial charge in [0.1, 0.15) is 5.94 Å². The number of allylic oxidation sites excluding steroid dienone is 1. The molecule has 2 fully saturated rings. The Hall–Kier alpha value is -2.71. The minimum Gasteiger partial charge on any atom is -0.489 e. The van der Waals surface area contributed by atoms with Crippen molar-refractivity contribution >= 4 is 11.7 Å². The lowest BCUT2D eigenvalue weighted by Crippen LogP contribution is -2.32. The molecule has 2 aliphatic rings. The summed E-state index contributed by atoms with van der Waals surface area (Å²) < 4.78 is 35.4. The minimum absolute atomic E-state index is 0.0499. The SMILES string of the molecule is N#CC1(c2ccc(OC(F)F)c(OCC3CC3)c2)CCC(=O)C(=C=O)C1. The van der Waals surface area contributed by atoms with Crippen LogP contribution in [0.1, 0.15) is 37.7 Å². The number of carbonyl (C=O) groups is 1. The highest BCUT2D eigenvalue weighted by molar-refractivity contribution is 6.03. The number of alkyl halides is 2. The van der Waals surface area contributed by atoms with Crippen molar-refractivity contribution in [3.05, 3.63) is 29.3 Å². The highest BCUT2D eigenvalue weighted by Gasteiger charge is 2.40. The van der Waals surface area contributed by atoms with Gasteiger partial charge in [0.2, 0.25) is 0 Å². The minimum atomic E-state index is -2.99. The summed E-state index contributed by atoms with van der Waals surface area (Å²) in [6.45, 7) is -2.61. The molecule has 0 heterocycles. The van der Waals surface area contributed by atoms with Gasteiger partial charge in [-0.25, -0.2) is 4.79 Å². The molecule has 1 atom stereocenters. The molecule has 0 radical (unpaired) electrons. The Balaban J connectivity index is 1.94. The first-order valence-corrected chi connectivity index (χ1v) is 8.38. The highest BCUT2D eigenvalue weighted by atomic mass is 19.3. The lowest BCUT2D eigenvalue weighted by molar-refractivity contribution is -0.116. The highest BCUT2D eigenvalue weighted by Crippen LogP contribution is 2.43. The number of halogens is 2. The summed E-state index contributed by atoms with van der Waals surface area (Å²) in [6.07, 6.45) is 2.31. The van der Waals surface area contributed by atoms with E-state index in [-0.39, 0.29) is 42.1 Å². The van der Waals surface area contributed by atoms with Crippen molar-refractivity contribution in [3.8, 4) is 17.6 Å². The van der Waals surface area contributed by atoms with Crippen LogP contribution in [0.4, 0.5) is 8.78 Å². The van der Waals surface area contributed by atoms with Gasteiger partial charge < -0.3 is 9.47 Å². The fraction of sp³-hybridized carbons (Fsp3) is 0.474. The molecule has 0 amide bonds. The fourth-order valence-electron chi connectivity index (χ4n) is 3.07. The van der Waals surface area contributed by atoms with Crippen molar-refractivity contribution in [1.82, 2.24) is 0 Å². The molecule has 3 rings (SSSR count). The molecule has 0 bridgehead atoms. The molecule has 1 unspecified atom stereocenters. The van der Waals surface area contributed by atoms with Crippen LogP contribution in [0, 0.1) is 17.2 Å². The Kier molecular flexibility index (Phi) is 5.06. The molecule has 0 spiro atoms.